The molecule has 0 aliphatic heterocycles. The van der Waals surface area contributed by atoms with Gasteiger partial charge in [-0.1, -0.05) is 5.57 Å². The van der Waals surface area contributed by atoms with Crippen LogP contribution < -0.4 is 0 Å². The van der Waals surface area contributed by atoms with Gasteiger partial charge in [-0.05, 0) is 66.0 Å². The lowest BCUT2D eigenvalue weighted by atomic mass is 9.82. The van der Waals surface area contributed by atoms with Crippen molar-refractivity contribution in [2.75, 3.05) is 14.1 Å². The van der Waals surface area contributed by atoms with E-state index in [9.17, 15) is 0 Å². The van der Waals surface area contributed by atoms with E-state index in [0.29, 0.717) is 0 Å². The molecule has 0 saturated heterocycles. The summed E-state index contributed by atoms with van der Waals surface area (Å²) in [5.74, 6) is 0.888. The van der Waals surface area contributed by atoms with Gasteiger partial charge in [0, 0.05) is 18.5 Å². The zero-order valence-corrected chi connectivity index (χ0v) is 11.2. The molecule has 1 fully saturated rings. The van der Waals surface area contributed by atoms with Gasteiger partial charge in [0.2, 0.25) is 0 Å². The van der Waals surface area contributed by atoms with Gasteiger partial charge in [0.25, 0.3) is 0 Å². The van der Waals surface area contributed by atoms with E-state index in [0.717, 1.165) is 12.0 Å². The summed E-state index contributed by atoms with van der Waals surface area (Å²) < 4.78 is 0. The van der Waals surface area contributed by atoms with Gasteiger partial charge in [0.15, 0.2) is 0 Å². The Labute approximate surface area is 100 Å². The predicted molar refractivity (Wildman–Crippen MR) is 72.0 cm³/mol. The second kappa shape index (κ2) is 6.85. The largest absolute Gasteiger partial charge is 0.306 e. The van der Waals surface area contributed by atoms with Gasteiger partial charge < -0.3 is 4.90 Å². The van der Waals surface area contributed by atoms with Crippen LogP contribution >= 0.6 is 0 Å². The monoisotopic (exact) mass is 222 g/mol. The minimum atomic E-state index is 0.814. The van der Waals surface area contributed by atoms with Crippen LogP contribution in [0.2, 0.25) is 0 Å². The van der Waals surface area contributed by atoms with Gasteiger partial charge in [0.05, 0.1) is 0 Å². The summed E-state index contributed by atoms with van der Waals surface area (Å²) >= 11 is 0. The van der Waals surface area contributed by atoms with Crippen molar-refractivity contribution < 1.29 is 0 Å². The molecule has 0 aromatic heterocycles. The van der Waals surface area contributed by atoms with Gasteiger partial charge in [0.1, 0.15) is 0 Å². The molecule has 1 aliphatic rings. The van der Waals surface area contributed by atoms with Crippen LogP contribution in [0.3, 0.4) is 0 Å². The van der Waals surface area contributed by atoms with Crippen molar-refractivity contribution in [3.63, 3.8) is 0 Å². The minimum Gasteiger partial charge on any atom is -0.306 e. The fourth-order valence-electron chi connectivity index (χ4n) is 2.58. The van der Waals surface area contributed by atoms with Crippen molar-refractivity contribution in [3.8, 4) is 0 Å². The first kappa shape index (κ1) is 13.4. The molecule has 0 aromatic carbocycles. The highest BCUT2D eigenvalue weighted by Gasteiger charge is 2.22. The van der Waals surface area contributed by atoms with E-state index in [4.69, 9.17) is 0 Å². The van der Waals surface area contributed by atoms with Crippen LogP contribution in [-0.2, 0) is 0 Å². The van der Waals surface area contributed by atoms with Crippen molar-refractivity contribution >= 4 is 6.21 Å². The Morgan fingerprint density at radius 3 is 2.38 bits per heavy atom. The highest BCUT2D eigenvalue weighted by Crippen LogP contribution is 2.30. The van der Waals surface area contributed by atoms with Crippen molar-refractivity contribution in [2.24, 2.45) is 10.9 Å². The Bertz CT molecular complexity index is 245. The lowest BCUT2D eigenvalue weighted by molar-refractivity contribution is 0.193. The summed E-state index contributed by atoms with van der Waals surface area (Å²) in [7, 11) is 4.40. The molecule has 2 nitrogen and oxygen atoms in total. The zero-order valence-electron chi connectivity index (χ0n) is 11.2. The van der Waals surface area contributed by atoms with E-state index < -0.39 is 0 Å². The molecule has 16 heavy (non-hydrogen) atoms. The number of nitrogens with zero attached hydrogens (tertiary/aromatic N) is 2. The molecule has 0 N–H and O–H groups in total. The zero-order chi connectivity index (χ0) is 12.0. The standard InChI is InChI=1S/C14H26N2/c1-5-15-11-12(2)10-13-6-8-14(9-7-13)16(3)4/h5,11,13-14H,6-10H2,1-4H3. The van der Waals surface area contributed by atoms with E-state index in [1.54, 1.807) is 0 Å². The second-order valence-electron chi connectivity index (χ2n) is 5.23. The molecular weight excluding hydrogens is 196 g/mol. The van der Waals surface area contributed by atoms with Crippen LogP contribution in [0.5, 0.6) is 0 Å². The number of hydrogen-bond acceptors (Lipinski definition) is 2. The maximum atomic E-state index is 4.19. The molecule has 1 aliphatic carbocycles. The summed E-state index contributed by atoms with van der Waals surface area (Å²) in [6.07, 6.45) is 10.6. The smallest absolute Gasteiger partial charge is 0.0253 e. The summed E-state index contributed by atoms with van der Waals surface area (Å²) in [4.78, 5) is 6.56. The van der Waals surface area contributed by atoms with Crippen LogP contribution in [0, 0.1) is 5.92 Å². The quantitative estimate of drug-likeness (QED) is 0.665. The van der Waals surface area contributed by atoms with Crippen molar-refractivity contribution in [1.82, 2.24) is 4.90 Å². The van der Waals surface area contributed by atoms with E-state index >= 15 is 0 Å². The number of hydrogen-bond donors (Lipinski definition) is 0. The Kier molecular flexibility index (Phi) is 5.75. The Balaban J connectivity index is 2.32. The molecule has 0 heterocycles. The van der Waals surface area contributed by atoms with Crippen molar-refractivity contribution in [1.29, 1.82) is 0 Å². The van der Waals surface area contributed by atoms with E-state index in [-0.39, 0.29) is 0 Å². The first-order valence-electron chi connectivity index (χ1n) is 6.43. The average Bonchev–Trinajstić information content (AvgIpc) is 2.27. The lowest BCUT2D eigenvalue weighted by Crippen LogP contribution is -2.32. The molecule has 0 aromatic rings. The fraction of sp³-hybridized carbons (Fsp3) is 0.786. The Hall–Kier alpha value is -0.630. The summed E-state index contributed by atoms with van der Waals surface area (Å²) in [6, 6.07) is 0.814. The molecule has 0 spiro atoms. The first-order valence-corrected chi connectivity index (χ1v) is 6.43. The van der Waals surface area contributed by atoms with Gasteiger partial charge in [-0.2, -0.15) is 0 Å². The van der Waals surface area contributed by atoms with Gasteiger partial charge >= 0.3 is 0 Å². The van der Waals surface area contributed by atoms with Gasteiger partial charge in [-0.15, -0.1) is 0 Å². The van der Waals surface area contributed by atoms with Gasteiger partial charge in [-0.3, -0.25) is 4.99 Å². The molecule has 0 radical (unpaired) electrons. The molecule has 0 amide bonds. The Morgan fingerprint density at radius 2 is 1.88 bits per heavy atom. The van der Waals surface area contributed by atoms with Crippen molar-refractivity contribution in [3.05, 3.63) is 11.8 Å². The van der Waals surface area contributed by atoms with Crippen LogP contribution in [0.1, 0.15) is 46.0 Å². The van der Waals surface area contributed by atoms with E-state index in [1.807, 2.05) is 19.3 Å². The third kappa shape index (κ3) is 4.48. The van der Waals surface area contributed by atoms with E-state index in [2.05, 4.69) is 30.9 Å². The molecule has 92 valence electrons. The topological polar surface area (TPSA) is 15.6 Å². The maximum Gasteiger partial charge on any atom is 0.0253 e. The molecule has 1 saturated carbocycles. The first-order chi connectivity index (χ1) is 7.63. The summed E-state index contributed by atoms with van der Waals surface area (Å²) in [5.41, 5.74) is 1.42. The second-order valence-corrected chi connectivity index (χ2v) is 5.23. The highest BCUT2D eigenvalue weighted by molar-refractivity contribution is 5.54. The van der Waals surface area contributed by atoms with Crippen LogP contribution in [0.4, 0.5) is 0 Å². The molecular formula is C14H26N2. The summed E-state index contributed by atoms with van der Waals surface area (Å²) in [5, 5.41) is 0. The molecule has 2 heteroatoms. The maximum absolute atomic E-state index is 4.19. The van der Waals surface area contributed by atoms with Gasteiger partial charge in [-0.25, -0.2) is 0 Å². The van der Waals surface area contributed by atoms with Crippen molar-refractivity contribution in [2.45, 2.75) is 52.0 Å². The number of allylic oxidation sites excluding steroid dienone is 1. The van der Waals surface area contributed by atoms with Crippen LogP contribution in [0.25, 0.3) is 0 Å². The molecule has 0 bridgehead atoms. The number of rotatable bonds is 4. The van der Waals surface area contributed by atoms with E-state index in [1.165, 1.54) is 37.7 Å². The van der Waals surface area contributed by atoms with Crippen LogP contribution in [-0.4, -0.2) is 31.3 Å². The van der Waals surface area contributed by atoms with Crippen LogP contribution in [0.15, 0.2) is 16.8 Å². The SMILES string of the molecule is CC=NC=C(C)CC1CCC(N(C)C)CC1. The fourth-order valence-corrected chi connectivity index (χ4v) is 2.58. The number of aliphatic imine (C=N–C) groups is 1. The molecule has 0 atom stereocenters. The minimum absolute atomic E-state index is 0.814. The summed E-state index contributed by atoms with van der Waals surface area (Å²) in [6.45, 7) is 4.16. The highest BCUT2D eigenvalue weighted by atomic mass is 15.1. The average molecular weight is 222 g/mol. The predicted octanol–water partition coefficient (Wildman–Crippen LogP) is 3.49. The normalized spacial score (nSPS) is 27.9. The third-order valence-electron chi connectivity index (χ3n) is 3.60. The third-order valence-corrected chi connectivity index (χ3v) is 3.60. The lowest BCUT2D eigenvalue weighted by Gasteiger charge is -2.32. The molecule has 0 unspecified atom stereocenters. The molecule has 1 rings (SSSR count). The Morgan fingerprint density at radius 1 is 1.25 bits per heavy atom.